The topological polar surface area (TPSA) is 12.0 Å². The Morgan fingerprint density at radius 1 is 1.42 bits per heavy atom. The average molecular weight is 187 g/mol. The molecule has 2 heteroatoms. The summed E-state index contributed by atoms with van der Waals surface area (Å²) in [5, 5.41) is 3.46. The van der Waals surface area contributed by atoms with Crippen molar-refractivity contribution in [2.75, 3.05) is 18.8 Å². The molecule has 0 aromatic rings. The van der Waals surface area contributed by atoms with E-state index in [2.05, 4.69) is 37.8 Å². The van der Waals surface area contributed by atoms with E-state index in [4.69, 9.17) is 0 Å². The van der Waals surface area contributed by atoms with Crippen LogP contribution in [-0.2, 0) is 0 Å². The second kappa shape index (κ2) is 4.52. The highest BCUT2D eigenvalue weighted by atomic mass is 32.2. The summed E-state index contributed by atoms with van der Waals surface area (Å²) in [5.74, 6) is 2.25. The van der Waals surface area contributed by atoms with E-state index in [1.807, 2.05) is 0 Å². The molecule has 0 bridgehead atoms. The minimum absolute atomic E-state index is 0.442. The van der Waals surface area contributed by atoms with Crippen LogP contribution in [0.25, 0.3) is 0 Å². The lowest BCUT2D eigenvalue weighted by atomic mass is 10.0. The van der Waals surface area contributed by atoms with Crippen LogP contribution in [0.5, 0.6) is 0 Å². The molecule has 0 radical (unpaired) electrons. The van der Waals surface area contributed by atoms with E-state index in [0.717, 1.165) is 5.92 Å². The molecule has 0 aliphatic carbocycles. The Morgan fingerprint density at radius 2 is 2.17 bits per heavy atom. The summed E-state index contributed by atoms with van der Waals surface area (Å²) in [6, 6.07) is 0. The molecule has 0 spiro atoms. The zero-order valence-corrected chi connectivity index (χ0v) is 9.34. The van der Waals surface area contributed by atoms with Crippen molar-refractivity contribution in [2.45, 2.75) is 38.4 Å². The third-order valence-electron chi connectivity index (χ3n) is 2.15. The molecule has 72 valence electrons. The summed E-state index contributed by atoms with van der Waals surface area (Å²) in [5.41, 5.74) is 0. The standard InChI is InChI=1S/C10H21NS/c1-10(2,3)12-8-9-5-4-6-11-7-9/h9,11H,4-8H2,1-3H3. The van der Waals surface area contributed by atoms with Crippen molar-refractivity contribution < 1.29 is 0 Å². The van der Waals surface area contributed by atoms with Gasteiger partial charge < -0.3 is 5.32 Å². The van der Waals surface area contributed by atoms with E-state index < -0.39 is 0 Å². The molecule has 1 aliphatic heterocycles. The molecule has 1 atom stereocenters. The first-order chi connectivity index (χ1) is 5.58. The SMILES string of the molecule is CC(C)(C)SCC1CCCNC1. The molecule has 1 heterocycles. The van der Waals surface area contributed by atoms with E-state index >= 15 is 0 Å². The van der Waals surface area contributed by atoms with Crippen LogP contribution < -0.4 is 5.32 Å². The maximum atomic E-state index is 3.46. The van der Waals surface area contributed by atoms with E-state index in [9.17, 15) is 0 Å². The summed E-state index contributed by atoms with van der Waals surface area (Å²) < 4.78 is 0.442. The van der Waals surface area contributed by atoms with Crippen LogP contribution in [0, 0.1) is 5.92 Å². The highest BCUT2D eigenvalue weighted by molar-refractivity contribution is 8.00. The summed E-state index contributed by atoms with van der Waals surface area (Å²) in [6.07, 6.45) is 2.80. The Morgan fingerprint density at radius 3 is 2.67 bits per heavy atom. The molecule has 1 aliphatic rings. The molecule has 0 amide bonds. The van der Waals surface area contributed by atoms with Gasteiger partial charge in [-0.2, -0.15) is 11.8 Å². The van der Waals surface area contributed by atoms with Crippen LogP contribution in [0.2, 0.25) is 0 Å². The fourth-order valence-corrected chi connectivity index (χ4v) is 2.45. The molecule has 1 saturated heterocycles. The van der Waals surface area contributed by atoms with Gasteiger partial charge in [0.1, 0.15) is 0 Å². The van der Waals surface area contributed by atoms with Crippen molar-refractivity contribution in [1.82, 2.24) is 5.32 Å². The first-order valence-corrected chi connectivity index (χ1v) is 5.91. The second-order valence-corrected chi connectivity index (χ2v) is 6.48. The molecular weight excluding hydrogens is 166 g/mol. The zero-order valence-electron chi connectivity index (χ0n) is 8.52. The van der Waals surface area contributed by atoms with Gasteiger partial charge in [-0.25, -0.2) is 0 Å². The number of nitrogens with one attached hydrogen (secondary N) is 1. The van der Waals surface area contributed by atoms with E-state index in [0.29, 0.717) is 4.75 Å². The molecule has 12 heavy (non-hydrogen) atoms. The summed E-state index contributed by atoms with van der Waals surface area (Å²) in [4.78, 5) is 0. The predicted molar refractivity (Wildman–Crippen MR) is 57.8 cm³/mol. The van der Waals surface area contributed by atoms with E-state index in [-0.39, 0.29) is 0 Å². The van der Waals surface area contributed by atoms with Gasteiger partial charge in [0, 0.05) is 4.75 Å². The Hall–Kier alpha value is 0.310. The van der Waals surface area contributed by atoms with Crippen molar-refractivity contribution in [3.63, 3.8) is 0 Å². The summed E-state index contributed by atoms with van der Waals surface area (Å²) >= 11 is 2.10. The van der Waals surface area contributed by atoms with E-state index in [1.165, 1.54) is 31.7 Å². The number of hydrogen-bond donors (Lipinski definition) is 1. The minimum atomic E-state index is 0.442. The summed E-state index contributed by atoms with van der Waals surface area (Å²) in [6.45, 7) is 9.37. The van der Waals surface area contributed by atoms with Gasteiger partial charge in [0.05, 0.1) is 0 Å². The Balaban J connectivity index is 2.13. The molecule has 1 nitrogen and oxygen atoms in total. The predicted octanol–water partition coefficient (Wildman–Crippen LogP) is 2.52. The maximum Gasteiger partial charge on any atom is 0.00752 e. The van der Waals surface area contributed by atoms with Gasteiger partial charge in [-0.05, 0) is 37.6 Å². The van der Waals surface area contributed by atoms with Gasteiger partial charge in [0.25, 0.3) is 0 Å². The number of hydrogen-bond acceptors (Lipinski definition) is 2. The molecular formula is C10H21NS. The van der Waals surface area contributed by atoms with Crippen molar-refractivity contribution in [3.8, 4) is 0 Å². The summed E-state index contributed by atoms with van der Waals surface area (Å²) in [7, 11) is 0. The smallest absolute Gasteiger partial charge is 0.00752 e. The lowest BCUT2D eigenvalue weighted by molar-refractivity contribution is 0.409. The van der Waals surface area contributed by atoms with Crippen LogP contribution >= 0.6 is 11.8 Å². The molecule has 0 aromatic heterocycles. The molecule has 0 saturated carbocycles. The van der Waals surface area contributed by atoms with Gasteiger partial charge in [-0.3, -0.25) is 0 Å². The van der Waals surface area contributed by atoms with Crippen LogP contribution in [0.15, 0.2) is 0 Å². The average Bonchev–Trinajstić information content (AvgIpc) is 2.02. The normalized spacial score (nSPS) is 25.8. The van der Waals surface area contributed by atoms with Crippen molar-refractivity contribution in [2.24, 2.45) is 5.92 Å². The first kappa shape index (κ1) is 10.4. The molecule has 1 rings (SSSR count). The molecule has 1 N–H and O–H groups in total. The van der Waals surface area contributed by atoms with E-state index in [1.54, 1.807) is 0 Å². The monoisotopic (exact) mass is 187 g/mol. The quantitative estimate of drug-likeness (QED) is 0.713. The van der Waals surface area contributed by atoms with Gasteiger partial charge >= 0.3 is 0 Å². The molecule has 1 fully saturated rings. The van der Waals surface area contributed by atoms with Crippen LogP contribution in [0.3, 0.4) is 0 Å². The highest BCUT2D eigenvalue weighted by Gasteiger charge is 2.17. The lowest BCUT2D eigenvalue weighted by Crippen LogP contribution is -2.31. The third-order valence-corrected chi connectivity index (χ3v) is 3.66. The largest absolute Gasteiger partial charge is 0.316 e. The Labute approximate surface area is 80.7 Å². The highest BCUT2D eigenvalue weighted by Crippen LogP contribution is 2.27. The van der Waals surface area contributed by atoms with Crippen LogP contribution in [0.1, 0.15) is 33.6 Å². The molecule has 1 unspecified atom stereocenters. The second-order valence-electron chi connectivity index (χ2n) is 4.64. The maximum absolute atomic E-state index is 3.46. The van der Waals surface area contributed by atoms with Crippen molar-refractivity contribution >= 4 is 11.8 Å². The first-order valence-electron chi connectivity index (χ1n) is 4.92. The fourth-order valence-electron chi connectivity index (χ4n) is 1.43. The molecule has 0 aromatic carbocycles. The van der Waals surface area contributed by atoms with Gasteiger partial charge in [0.2, 0.25) is 0 Å². The lowest BCUT2D eigenvalue weighted by Gasteiger charge is -2.26. The van der Waals surface area contributed by atoms with Crippen molar-refractivity contribution in [3.05, 3.63) is 0 Å². The van der Waals surface area contributed by atoms with Gasteiger partial charge in [-0.15, -0.1) is 0 Å². The minimum Gasteiger partial charge on any atom is -0.316 e. The van der Waals surface area contributed by atoms with Crippen molar-refractivity contribution in [1.29, 1.82) is 0 Å². The fraction of sp³-hybridized carbons (Fsp3) is 1.00. The zero-order chi connectivity index (χ0) is 9.03. The van der Waals surface area contributed by atoms with Gasteiger partial charge in [0.15, 0.2) is 0 Å². The Bertz CT molecular complexity index is 122. The number of piperidine rings is 1. The third kappa shape index (κ3) is 4.36. The Kier molecular flexibility index (Phi) is 3.91. The van der Waals surface area contributed by atoms with Crippen LogP contribution in [-0.4, -0.2) is 23.6 Å². The van der Waals surface area contributed by atoms with Crippen LogP contribution in [0.4, 0.5) is 0 Å². The number of rotatable bonds is 2. The van der Waals surface area contributed by atoms with Gasteiger partial charge in [-0.1, -0.05) is 20.8 Å². The number of thioether (sulfide) groups is 1.